The molecule has 2 fully saturated rings. The number of nitrogens with zero attached hydrogens (tertiary/aromatic N) is 2. The summed E-state index contributed by atoms with van der Waals surface area (Å²) in [4.78, 5) is 30.0. The number of nitrogens with one attached hydrogen (secondary N) is 2. The fourth-order valence-electron chi connectivity index (χ4n) is 3.38. The topological polar surface area (TPSA) is 99.8 Å². The van der Waals surface area contributed by atoms with Crippen LogP contribution in [0.3, 0.4) is 0 Å². The summed E-state index contributed by atoms with van der Waals surface area (Å²) in [6.07, 6.45) is 3.42. The van der Waals surface area contributed by atoms with Gasteiger partial charge in [0.15, 0.2) is 5.96 Å². The van der Waals surface area contributed by atoms with Crippen molar-refractivity contribution in [3.8, 4) is 0 Å². The molecule has 7 heteroatoms. The van der Waals surface area contributed by atoms with E-state index in [9.17, 15) is 9.59 Å². The Labute approximate surface area is 141 Å². The Hall–Kier alpha value is -2.57. The highest BCUT2D eigenvalue weighted by atomic mass is 16.2. The summed E-state index contributed by atoms with van der Waals surface area (Å²) < 4.78 is 0. The lowest BCUT2D eigenvalue weighted by Gasteiger charge is -2.19. The highest BCUT2D eigenvalue weighted by Crippen LogP contribution is 2.34. The van der Waals surface area contributed by atoms with Gasteiger partial charge in [-0.15, -0.1) is 0 Å². The maximum absolute atomic E-state index is 12.5. The molecular weight excluding hydrogens is 306 g/mol. The Bertz CT molecular complexity index is 679. The molecule has 1 aromatic rings. The fourth-order valence-corrected chi connectivity index (χ4v) is 3.38. The lowest BCUT2D eigenvalue weighted by molar-refractivity contribution is -0.131. The maximum Gasteiger partial charge on any atom is 0.325 e. The second-order valence-electron chi connectivity index (χ2n) is 6.44. The van der Waals surface area contributed by atoms with Gasteiger partial charge in [-0.2, -0.15) is 0 Å². The Morgan fingerprint density at radius 3 is 2.83 bits per heavy atom. The second-order valence-corrected chi connectivity index (χ2v) is 6.44. The number of benzene rings is 1. The van der Waals surface area contributed by atoms with E-state index in [0.29, 0.717) is 0 Å². The number of aliphatic imine (C=N–C) groups is 1. The van der Waals surface area contributed by atoms with Crippen LogP contribution in [-0.2, 0) is 4.79 Å². The van der Waals surface area contributed by atoms with Crippen LogP contribution >= 0.6 is 0 Å². The number of carbonyl (C=O) groups is 2. The van der Waals surface area contributed by atoms with Crippen LogP contribution in [0.25, 0.3) is 0 Å². The van der Waals surface area contributed by atoms with E-state index in [2.05, 4.69) is 15.6 Å². The average molecular weight is 329 g/mol. The van der Waals surface area contributed by atoms with Crippen molar-refractivity contribution in [3.05, 3.63) is 29.8 Å². The van der Waals surface area contributed by atoms with Gasteiger partial charge in [0, 0.05) is 5.69 Å². The third kappa shape index (κ3) is 3.20. The van der Waals surface area contributed by atoms with Gasteiger partial charge in [0.1, 0.15) is 5.54 Å². The van der Waals surface area contributed by atoms with Crippen molar-refractivity contribution in [2.45, 2.75) is 38.1 Å². The molecule has 1 saturated heterocycles. The van der Waals surface area contributed by atoms with Crippen molar-refractivity contribution in [1.82, 2.24) is 10.2 Å². The van der Waals surface area contributed by atoms with Crippen molar-refractivity contribution in [2.24, 2.45) is 10.7 Å². The van der Waals surface area contributed by atoms with Gasteiger partial charge in [-0.05, 0) is 37.5 Å². The molecule has 0 atom stereocenters. The molecule has 1 heterocycles. The zero-order valence-corrected chi connectivity index (χ0v) is 13.8. The van der Waals surface area contributed by atoms with Crippen LogP contribution in [0.1, 0.15) is 31.2 Å². The molecule has 4 N–H and O–H groups in total. The number of hydrogen-bond acceptors (Lipinski definition) is 3. The zero-order valence-electron chi connectivity index (χ0n) is 13.8. The molecule has 3 amide bonds. The van der Waals surface area contributed by atoms with E-state index in [1.807, 2.05) is 31.2 Å². The molecule has 2 aliphatic rings. The van der Waals surface area contributed by atoms with Gasteiger partial charge in [-0.25, -0.2) is 4.79 Å². The maximum atomic E-state index is 12.5. The van der Waals surface area contributed by atoms with Crippen LogP contribution in [0.15, 0.2) is 29.3 Å². The first-order valence-corrected chi connectivity index (χ1v) is 8.28. The molecule has 0 radical (unpaired) electrons. The number of hydrogen-bond donors (Lipinski definition) is 3. The van der Waals surface area contributed by atoms with Crippen LogP contribution in [0.5, 0.6) is 0 Å². The summed E-state index contributed by atoms with van der Waals surface area (Å²) >= 11 is 0. The van der Waals surface area contributed by atoms with Gasteiger partial charge in [0.2, 0.25) is 0 Å². The van der Waals surface area contributed by atoms with Crippen LogP contribution < -0.4 is 16.4 Å². The van der Waals surface area contributed by atoms with E-state index >= 15 is 0 Å². The molecular formula is C17H23N5O2. The third-order valence-corrected chi connectivity index (χ3v) is 4.60. The van der Waals surface area contributed by atoms with E-state index < -0.39 is 5.54 Å². The predicted molar refractivity (Wildman–Crippen MR) is 92.7 cm³/mol. The first-order valence-electron chi connectivity index (χ1n) is 8.28. The van der Waals surface area contributed by atoms with Gasteiger partial charge >= 0.3 is 6.03 Å². The largest absolute Gasteiger partial charge is 0.370 e. The highest BCUT2D eigenvalue weighted by molar-refractivity contribution is 6.07. The standard InChI is InChI=1S/C17H23N5O2/c1-12-5-4-6-13(11-12)20-15(18)19-9-10-22-14(23)17(21-16(22)24)7-2-3-8-17/h4-6,11H,2-3,7-10H2,1H3,(H,21,24)(H3,18,19,20). The number of anilines is 1. The minimum absolute atomic E-state index is 0.120. The molecule has 1 saturated carbocycles. The SMILES string of the molecule is Cc1cccc(NC(N)=NCCN2C(=O)NC3(CCCC3)C2=O)c1. The van der Waals surface area contributed by atoms with Crippen molar-refractivity contribution < 1.29 is 9.59 Å². The molecule has 0 bridgehead atoms. The van der Waals surface area contributed by atoms with Crippen molar-refractivity contribution in [3.63, 3.8) is 0 Å². The summed E-state index contributed by atoms with van der Waals surface area (Å²) in [5.74, 6) is 0.147. The van der Waals surface area contributed by atoms with Crippen LogP contribution in [0.2, 0.25) is 0 Å². The summed E-state index contributed by atoms with van der Waals surface area (Å²) in [7, 11) is 0. The molecule has 3 rings (SSSR count). The summed E-state index contributed by atoms with van der Waals surface area (Å²) in [5.41, 5.74) is 7.18. The molecule has 1 aliphatic carbocycles. The summed E-state index contributed by atoms with van der Waals surface area (Å²) in [5, 5.41) is 5.86. The number of nitrogens with two attached hydrogens (primary N) is 1. The van der Waals surface area contributed by atoms with E-state index in [-0.39, 0.29) is 31.0 Å². The number of imide groups is 1. The first kappa shape index (κ1) is 16.3. The Morgan fingerprint density at radius 2 is 2.12 bits per heavy atom. The third-order valence-electron chi connectivity index (χ3n) is 4.60. The number of carbonyl (C=O) groups excluding carboxylic acids is 2. The number of amides is 3. The summed E-state index contributed by atoms with van der Waals surface area (Å²) in [6, 6.07) is 7.47. The second kappa shape index (κ2) is 6.51. The molecule has 1 aliphatic heterocycles. The van der Waals surface area contributed by atoms with Crippen molar-refractivity contribution in [2.75, 3.05) is 18.4 Å². The quantitative estimate of drug-likeness (QED) is 0.444. The van der Waals surface area contributed by atoms with Gasteiger partial charge in [0.05, 0.1) is 13.1 Å². The average Bonchev–Trinajstić information content (AvgIpc) is 3.08. The lowest BCUT2D eigenvalue weighted by Crippen LogP contribution is -2.44. The van der Waals surface area contributed by atoms with Gasteiger partial charge < -0.3 is 16.4 Å². The van der Waals surface area contributed by atoms with E-state index in [1.165, 1.54) is 4.90 Å². The predicted octanol–water partition coefficient (Wildman–Crippen LogP) is 1.59. The first-order chi connectivity index (χ1) is 11.5. The zero-order chi connectivity index (χ0) is 17.2. The Kier molecular flexibility index (Phi) is 4.42. The minimum Gasteiger partial charge on any atom is -0.370 e. The molecule has 0 aromatic heterocycles. The fraction of sp³-hybridized carbons (Fsp3) is 0.471. The van der Waals surface area contributed by atoms with Gasteiger partial charge in [-0.1, -0.05) is 25.0 Å². The highest BCUT2D eigenvalue weighted by Gasteiger charge is 2.52. The number of aryl methyl sites for hydroxylation is 1. The Balaban J connectivity index is 1.55. The van der Waals surface area contributed by atoms with Crippen LogP contribution in [-0.4, -0.2) is 41.4 Å². The van der Waals surface area contributed by atoms with Crippen LogP contribution in [0, 0.1) is 6.92 Å². The molecule has 1 aromatic carbocycles. The van der Waals surface area contributed by atoms with Crippen molar-refractivity contribution >= 4 is 23.6 Å². The van der Waals surface area contributed by atoms with E-state index in [4.69, 9.17) is 5.73 Å². The van der Waals surface area contributed by atoms with Crippen molar-refractivity contribution in [1.29, 1.82) is 0 Å². The molecule has 7 nitrogen and oxygen atoms in total. The molecule has 1 spiro atoms. The van der Waals surface area contributed by atoms with Crippen LogP contribution in [0.4, 0.5) is 10.5 Å². The smallest absolute Gasteiger partial charge is 0.325 e. The van der Waals surface area contributed by atoms with Gasteiger partial charge in [-0.3, -0.25) is 14.7 Å². The van der Waals surface area contributed by atoms with E-state index in [1.54, 1.807) is 0 Å². The number of guanidine groups is 1. The van der Waals surface area contributed by atoms with Gasteiger partial charge in [0.25, 0.3) is 5.91 Å². The molecule has 0 unspecified atom stereocenters. The lowest BCUT2D eigenvalue weighted by atomic mass is 9.98. The minimum atomic E-state index is -0.661. The molecule has 128 valence electrons. The normalized spacial score (nSPS) is 19.9. The monoisotopic (exact) mass is 329 g/mol. The van der Waals surface area contributed by atoms with E-state index in [0.717, 1.165) is 36.9 Å². The molecule has 24 heavy (non-hydrogen) atoms. The number of rotatable bonds is 4. The number of urea groups is 1. The summed E-state index contributed by atoms with van der Waals surface area (Å²) in [6.45, 7) is 2.51. The Morgan fingerprint density at radius 1 is 1.38 bits per heavy atom.